The zero-order valence-corrected chi connectivity index (χ0v) is 20.0. The summed E-state index contributed by atoms with van der Waals surface area (Å²) in [6, 6.07) is 11.5. The second kappa shape index (κ2) is 12.5. The molecule has 0 bridgehead atoms. The normalized spacial score (nSPS) is 18.0. The highest BCUT2D eigenvalue weighted by atomic mass is 32.2. The molecule has 0 aliphatic carbocycles. The van der Waals surface area contributed by atoms with Crippen molar-refractivity contribution in [3.05, 3.63) is 65.2 Å². The number of rotatable bonds is 5. The minimum Gasteiger partial charge on any atom is -0.379 e. The van der Waals surface area contributed by atoms with Crippen molar-refractivity contribution < 1.29 is 32.3 Å². The Bertz CT molecular complexity index is 1150. The van der Waals surface area contributed by atoms with Crippen LogP contribution in [-0.4, -0.2) is 51.9 Å². The second-order valence-electron chi connectivity index (χ2n) is 8.08. The van der Waals surface area contributed by atoms with Crippen LogP contribution in [0.15, 0.2) is 53.4 Å². The lowest BCUT2D eigenvalue weighted by molar-refractivity contribution is -0.139. The monoisotopic (exact) mass is 503 g/mol. The maximum Gasteiger partial charge on any atom is 0.289 e. The van der Waals surface area contributed by atoms with Gasteiger partial charge in [0, 0.05) is 18.7 Å². The summed E-state index contributed by atoms with van der Waals surface area (Å²) >= 11 is 0. The maximum atomic E-state index is 13.0. The fraction of sp³-hybridized carbons (Fsp3) is 0.375. The molecule has 2 aromatic rings. The summed E-state index contributed by atoms with van der Waals surface area (Å²) in [4.78, 5) is 38.4. The van der Waals surface area contributed by atoms with Crippen molar-refractivity contribution >= 4 is 27.6 Å². The largest absolute Gasteiger partial charge is 0.379 e. The van der Waals surface area contributed by atoms with Gasteiger partial charge in [-0.15, -0.1) is 0 Å². The van der Waals surface area contributed by atoms with Crippen LogP contribution in [-0.2, 0) is 42.2 Å². The molecule has 35 heavy (non-hydrogen) atoms. The number of ketones is 1. The Morgan fingerprint density at radius 3 is 2.46 bits per heavy atom. The van der Waals surface area contributed by atoms with Crippen LogP contribution in [0.25, 0.3) is 0 Å². The van der Waals surface area contributed by atoms with Crippen molar-refractivity contribution in [3.8, 4) is 0 Å². The maximum absolute atomic E-state index is 13.0. The smallest absolute Gasteiger partial charge is 0.289 e. The molecule has 1 aliphatic rings. The average molecular weight is 504 g/mol. The van der Waals surface area contributed by atoms with Crippen molar-refractivity contribution in [1.82, 2.24) is 10.6 Å². The predicted molar refractivity (Wildman–Crippen MR) is 127 cm³/mol. The second-order valence-corrected chi connectivity index (χ2v) is 9.64. The fourth-order valence-electron chi connectivity index (χ4n) is 3.55. The molecule has 0 radical (unpaired) electrons. The highest BCUT2D eigenvalue weighted by molar-refractivity contribution is 7.89. The molecule has 10 nitrogen and oxygen atoms in total. The van der Waals surface area contributed by atoms with Crippen LogP contribution >= 0.6 is 0 Å². The Morgan fingerprint density at radius 1 is 1.00 bits per heavy atom. The quantitative estimate of drug-likeness (QED) is 0.515. The highest BCUT2D eigenvalue weighted by Gasteiger charge is 2.27. The number of carbonyl (C=O) groups excluding carboxylic acids is 3. The first kappa shape index (κ1) is 26.5. The van der Waals surface area contributed by atoms with Crippen LogP contribution in [0.2, 0.25) is 0 Å². The summed E-state index contributed by atoms with van der Waals surface area (Å²) in [6.45, 7) is 1.54. The third-order valence-corrected chi connectivity index (χ3v) is 6.40. The number of nitrogens with two attached hydrogens (primary N) is 1. The standard InChI is InChI=1S/C24H29N3O7S/c25-35(31,32)19-10-8-17(9-11-19)15-26-24(30)22(28)21-7-3-4-12-33-13-14-34-16-18-5-1-2-6-20(18)23(29)27-21/h1-2,5-6,8-11,21H,3-4,7,12-16H2,(H,26,30)(H,27,29)(H2,25,31,32). The Labute approximate surface area is 204 Å². The zero-order chi connectivity index (χ0) is 25.3. The molecular weight excluding hydrogens is 474 g/mol. The minimum absolute atomic E-state index is 0.00412. The van der Waals surface area contributed by atoms with E-state index in [9.17, 15) is 22.8 Å². The lowest BCUT2D eigenvalue weighted by atomic mass is 10.0. The first-order chi connectivity index (χ1) is 16.8. The van der Waals surface area contributed by atoms with Gasteiger partial charge in [0.2, 0.25) is 15.8 Å². The van der Waals surface area contributed by atoms with Gasteiger partial charge in [-0.2, -0.15) is 0 Å². The lowest BCUT2D eigenvalue weighted by Crippen LogP contribution is -2.47. The van der Waals surface area contributed by atoms with Gasteiger partial charge in [-0.3, -0.25) is 14.4 Å². The number of nitrogens with one attached hydrogen (secondary N) is 2. The molecule has 0 spiro atoms. The average Bonchev–Trinajstić information content (AvgIpc) is 2.84. The summed E-state index contributed by atoms with van der Waals surface area (Å²) in [5, 5.41) is 10.3. The van der Waals surface area contributed by atoms with E-state index in [2.05, 4.69) is 10.6 Å². The number of benzene rings is 2. The van der Waals surface area contributed by atoms with Crippen LogP contribution in [0.5, 0.6) is 0 Å². The highest BCUT2D eigenvalue weighted by Crippen LogP contribution is 2.13. The van der Waals surface area contributed by atoms with E-state index < -0.39 is 33.7 Å². The van der Waals surface area contributed by atoms with Gasteiger partial charge in [0.25, 0.3) is 11.8 Å². The van der Waals surface area contributed by atoms with Crippen LogP contribution in [0.3, 0.4) is 0 Å². The van der Waals surface area contributed by atoms with Crippen LogP contribution in [0, 0.1) is 0 Å². The van der Waals surface area contributed by atoms with Crippen molar-refractivity contribution in [1.29, 1.82) is 0 Å². The van der Waals surface area contributed by atoms with E-state index in [1.807, 2.05) is 0 Å². The lowest BCUT2D eigenvalue weighted by Gasteiger charge is -2.19. The van der Waals surface area contributed by atoms with Crippen molar-refractivity contribution in [2.45, 2.75) is 43.4 Å². The van der Waals surface area contributed by atoms with Crippen molar-refractivity contribution in [2.75, 3.05) is 19.8 Å². The number of hydrogen-bond acceptors (Lipinski definition) is 7. The summed E-state index contributed by atoms with van der Waals surface area (Å²) in [6.07, 6.45) is 1.51. The van der Waals surface area contributed by atoms with Gasteiger partial charge in [-0.1, -0.05) is 30.3 Å². The Hall–Kier alpha value is -3.12. The summed E-state index contributed by atoms with van der Waals surface area (Å²) < 4.78 is 33.8. The Balaban J connectivity index is 1.68. The number of Topliss-reactive ketones (excluding diaryl/α,β-unsaturated/α-hetero) is 1. The third-order valence-electron chi connectivity index (χ3n) is 5.47. The number of sulfonamides is 1. The van der Waals surface area contributed by atoms with Crippen LogP contribution in [0.1, 0.15) is 40.7 Å². The van der Waals surface area contributed by atoms with Gasteiger partial charge in [0.05, 0.1) is 30.8 Å². The topological polar surface area (TPSA) is 154 Å². The van der Waals surface area contributed by atoms with E-state index in [1.54, 1.807) is 24.3 Å². The van der Waals surface area contributed by atoms with Crippen LogP contribution < -0.4 is 15.8 Å². The van der Waals surface area contributed by atoms with Crippen molar-refractivity contribution in [2.24, 2.45) is 5.14 Å². The van der Waals surface area contributed by atoms with Gasteiger partial charge >= 0.3 is 0 Å². The zero-order valence-electron chi connectivity index (χ0n) is 19.2. The first-order valence-electron chi connectivity index (χ1n) is 11.2. The van der Waals surface area contributed by atoms with Gasteiger partial charge in [0.1, 0.15) is 0 Å². The molecule has 0 saturated carbocycles. The molecule has 1 atom stereocenters. The predicted octanol–water partition coefficient (Wildman–Crippen LogP) is 1.04. The Morgan fingerprint density at radius 2 is 1.71 bits per heavy atom. The molecular formula is C24H29N3O7S. The summed E-state index contributed by atoms with van der Waals surface area (Å²) in [5.74, 6) is -2.07. The summed E-state index contributed by atoms with van der Waals surface area (Å²) in [5.41, 5.74) is 1.62. The number of fused-ring (bicyclic) bond motifs is 1. The van der Waals surface area contributed by atoms with E-state index in [0.717, 1.165) is 0 Å². The molecule has 188 valence electrons. The van der Waals surface area contributed by atoms with E-state index in [0.29, 0.717) is 49.4 Å². The number of carbonyl (C=O) groups is 3. The van der Waals surface area contributed by atoms with E-state index in [-0.39, 0.29) is 24.5 Å². The molecule has 1 aliphatic heterocycles. The number of hydrogen-bond donors (Lipinski definition) is 3. The molecule has 2 aromatic carbocycles. The van der Waals surface area contributed by atoms with Gasteiger partial charge in [0.15, 0.2) is 0 Å². The number of ether oxygens (including phenoxy) is 2. The van der Waals surface area contributed by atoms with Gasteiger partial charge in [-0.25, -0.2) is 13.6 Å². The van der Waals surface area contributed by atoms with E-state index >= 15 is 0 Å². The fourth-order valence-corrected chi connectivity index (χ4v) is 4.07. The Kier molecular flexibility index (Phi) is 9.49. The molecule has 3 rings (SSSR count). The molecule has 0 aromatic heterocycles. The van der Waals surface area contributed by atoms with Crippen LogP contribution in [0.4, 0.5) is 0 Å². The molecule has 11 heteroatoms. The molecule has 4 N–H and O–H groups in total. The van der Waals surface area contributed by atoms with Gasteiger partial charge in [-0.05, 0) is 48.6 Å². The first-order valence-corrected chi connectivity index (χ1v) is 12.8. The summed E-state index contributed by atoms with van der Waals surface area (Å²) in [7, 11) is -3.82. The van der Waals surface area contributed by atoms with E-state index in [4.69, 9.17) is 14.6 Å². The van der Waals surface area contributed by atoms with Gasteiger partial charge < -0.3 is 20.1 Å². The molecule has 1 unspecified atom stereocenters. The molecule has 1 heterocycles. The molecule has 0 saturated heterocycles. The number of primary sulfonamides is 1. The third kappa shape index (κ3) is 7.96. The van der Waals surface area contributed by atoms with E-state index in [1.165, 1.54) is 24.3 Å². The molecule has 2 amide bonds. The van der Waals surface area contributed by atoms with Crippen molar-refractivity contribution in [3.63, 3.8) is 0 Å². The number of amides is 2. The SMILES string of the molecule is NS(=O)(=O)c1ccc(CNC(=O)C(=O)C2CCCCOCCOCc3ccccc3C(=O)N2)cc1. The minimum atomic E-state index is -3.82. The molecule has 0 fully saturated rings.